The van der Waals surface area contributed by atoms with Crippen molar-refractivity contribution in [3.8, 4) is 0 Å². The maximum absolute atomic E-state index is 14.4. The highest BCUT2D eigenvalue weighted by molar-refractivity contribution is 5.95. The van der Waals surface area contributed by atoms with Crippen LogP contribution in [0.1, 0.15) is 10.4 Å². The normalized spacial score (nSPS) is 10.7. The molecule has 0 radical (unpaired) electrons. The third-order valence-corrected chi connectivity index (χ3v) is 3.28. The number of halogens is 1. The molecule has 1 aromatic heterocycles. The Labute approximate surface area is 116 Å². The monoisotopic (exact) mass is 266 g/mol. The lowest BCUT2D eigenvalue weighted by atomic mass is 10.1. The number of hydrogen-bond acceptors (Lipinski definition) is 1. The van der Waals surface area contributed by atoms with Crippen molar-refractivity contribution in [2.45, 2.75) is 6.54 Å². The average molecular weight is 266 g/mol. The Morgan fingerprint density at radius 3 is 2.45 bits per heavy atom. The van der Waals surface area contributed by atoms with E-state index in [2.05, 4.69) is 0 Å². The van der Waals surface area contributed by atoms with Crippen LogP contribution in [0.4, 0.5) is 4.39 Å². The van der Waals surface area contributed by atoms with Crippen LogP contribution in [-0.4, -0.2) is 5.78 Å². The van der Waals surface area contributed by atoms with Crippen LogP contribution < -0.4 is 4.57 Å². The second-order valence-corrected chi connectivity index (χ2v) is 4.61. The third-order valence-electron chi connectivity index (χ3n) is 3.28. The van der Waals surface area contributed by atoms with E-state index in [0.29, 0.717) is 10.9 Å². The standard InChI is InChI=1S/C17H13FNO/c18-17-15-9-5-4-6-13(15)10-11-19(17)12-16(20)14-7-2-1-3-8-14/h1-11H,12H2/q+1. The molecule has 0 aliphatic heterocycles. The molecule has 0 fully saturated rings. The lowest BCUT2D eigenvalue weighted by Gasteiger charge is -2.01. The molecule has 20 heavy (non-hydrogen) atoms. The molecule has 1 heterocycles. The van der Waals surface area contributed by atoms with Gasteiger partial charge in [0.25, 0.3) is 0 Å². The molecule has 0 amide bonds. The maximum atomic E-state index is 14.4. The van der Waals surface area contributed by atoms with Crippen LogP contribution in [0.2, 0.25) is 0 Å². The van der Waals surface area contributed by atoms with Gasteiger partial charge >= 0.3 is 5.95 Å². The first-order valence-corrected chi connectivity index (χ1v) is 6.40. The number of fused-ring (bicyclic) bond motifs is 1. The number of aromatic nitrogens is 1. The Bertz CT molecular complexity index is 768. The van der Waals surface area contributed by atoms with Crippen LogP contribution in [-0.2, 0) is 6.54 Å². The van der Waals surface area contributed by atoms with E-state index >= 15 is 0 Å². The quantitative estimate of drug-likeness (QED) is 0.405. The molecule has 3 heteroatoms. The SMILES string of the molecule is O=C(C[n+]1ccc2ccccc2c1F)c1ccccc1. The molecule has 0 saturated heterocycles. The summed E-state index contributed by atoms with van der Waals surface area (Å²) in [5.74, 6) is -0.489. The first kappa shape index (κ1) is 12.5. The summed E-state index contributed by atoms with van der Waals surface area (Å²) >= 11 is 0. The molecule has 3 aromatic rings. The van der Waals surface area contributed by atoms with Crippen molar-refractivity contribution in [3.63, 3.8) is 0 Å². The Balaban J connectivity index is 1.95. The van der Waals surface area contributed by atoms with Crippen LogP contribution in [0.3, 0.4) is 0 Å². The van der Waals surface area contributed by atoms with Crippen LogP contribution in [0, 0.1) is 5.95 Å². The zero-order chi connectivity index (χ0) is 13.9. The molecule has 0 bridgehead atoms. The minimum absolute atomic E-state index is 0.000676. The van der Waals surface area contributed by atoms with Crippen LogP contribution in [0.25, 0.3) is 10.8 Å². The number of carbonyl (C=O) groups excluding carboxylic acids is 1. The van der Waals surface area contributed by atoms with E-state index in [-0.39, 0.29) is 18.3 Å². The van der Waals surface area contributed by atoms with Gasteiger partial charge in [-0.3, -0.25) is 4.79 Å². The molecule has 0 spiro atoms. The summed E-state index contributed by atoms with van der Waals surface area (Å²) in [5, 5.41) is 1.35. The van der Waals surface area contributed by atoms with Gasteiger partial charge in [-0.25, -0.2) is 0 Å². The Morgan fingerprint density at radius 1 is 0.950 bits per heavy atom. The van der Waals surface area contributed by atoms with E-state index in [1.54, 1.807) is 42.6 Å². The van der Waals surface area contributed by atoms with Crippen molar-refractivity contribution < 1.29 is 13.8 Å². The fourth-order valence-electron chi connectivity index (χ4n) is 2.21. The molecule has 98 valence electrons. The molecule has 0 saturated carbocycles. The van der Waals surface area contributed by atoms with Gasteiger partial charge in [0, 0.05) is 11.6 Å². The lowest BCUT2D eigenvalue weighted by molar-refractivity contribution is -0.709. The molecule has 0 atom stereocenters. The number of ketones is 1. The number of carbonyl (C=O) groups is 1. The predicted octanol–water partition coefficient (Wildman–Crippen LogP) is 3.15. The van der Waals surface area contributed by atoms with Crippen LogP contribution in [0.5, 0.6) is 0 Å². The summed E-state index contributed by atoms with van der Waals surface area (Å²) in [7, 11) is 0. The van der Waals surface area contributed by atoms with Gasteiger partial charge in [-0.05, 0) is 11.5 Å². The highest BCUT2D eigenvalue weighted by Gasteiger charge is 2.18. The van der Waals surface area contributed by atoms with Crippen molar-refractivity contribution in [2.24, 2.45) is 0 Å². The second-order valence-electron chi connectivity index (χ2n) is 4.61. The highest BCUT2D eigenvalue weighted by Crippen LogP contribution is 2.14. The van der Waals surface area contributed by atoms with Crippen molar-refractivity contribution in [2.75, 3.05) is 0 Å². The van der Waals surface area contributed by atoms with E-state index in [9.17, 15) is 9.18 Å². The predicted molar refractivity (Wildman–Crippen MR) is 74.9 cm³/mol. The zero-order valence-electron chi connectivity index (χ0n) is 10.8. The molecule has 3 rings (SSSR count). The number of Topliss-reactive ketones (excluding diaryl/α,β-unsaturated/α-hetero) is 1. The average Bonchev–Trinajstić information content (AvgIpc) is 2.51. The van der Waals surface area contributed by atoms with Gasteiger partial charge in [0.05, 0.1) is 5.39 Å². The Kier molecular flexibility index (Phi) is 3.25. The molecule has 0 aliphatic carbocycles. The molecular formula is C17H13FNO+. The summed E-state index contributed by atoms with van der Waals surface area (Å²) in [5.41, 5.74) is 0.590. The summed E-state index contributed by atoms with van der Waals surface area (Å²) in [6.07, 6.45) is 1.61. The van der Waals surface area contributed by atoms with Gasteiger partial charge in [-0.2, -0.15) is 4.57 Å². The minimum atomic E-state index is -0.382. The Morgan fingerprint density at radius 2 is 1.65 bits per heavy atom. The number of nitrogens with zero attached hydrogens (tertiary/aromatic N) is 1. The van der Waals surface area contributed by atoms with Gasteiger partial charge in [0.2, 0.25) is 12.3 Å². The number of hydrogen-bond donors (Lipinski definition) is 0. The van der Waals surface area contributed by atoms with Crippen molar-refractivity contribution >= 4 is 16.6 Å². The van der Waals surface area contributed by atoms with Crippen molar-refractivity contribution in [3.05, 3.63) is 78.4 Å². The van der Waals surface area contributed by atoms with Gasteiger partial charge in [-0.15, -0.1) is 4.39 Å². The molecule has 0 aliphatic rings. The fraction of sp³-hybridized carbons (Fsp3) is 0.0588. The van der Waals surface area contributed by atoms with E-state index in [0.717, 1.165) is 5.39 Å². The summed E-state index contributed by atoms with van der Waals surface area (Å²) < 4.78 is 15.7. The Hall–Kier alpha value is -2.55. The largest absolute Gasteiger partial charge is 0.367 e. The zero-order valence-corrected chi connectivity index (χ0v) is 10.8. The third kappa shape index (κ3) is 2.30. The van der Waals surface area contributed by atoms with E-state index < -0.39 is 0 Å². The summed E-state index contributed by atoms with van der Waals surface area (Å²) in [6, 6.07) is 18.0. The van der Waals surface area contributed by atoms with Crippen molar-refractivity contribution in [1.82, 2.24) is 0 Å². The van der Waals surface area contributed by atoms with Crippen molar-refractivity contribution in [1.29, 1.82) is 0 Å². The van der Waals surface area contributed by atoms with Gasteiger partial charge in [0.1, 0.15) is 0 Å². The number of pyridine rings is 1. The first-order chi connectivity index (χ1) is 9.75. The summed E-state index contributed by atoms with van der Waals surface area (Å²) in [4.78, 5) is 12.1. The second kappa shape index (κ2) is 5.21. The number of rotatable bonds is 3. The topological polar surface area (TPSA) is 20.9 Å². The number of benzene rings is 2. The molecular weight excluding hydrogens is 253 g/mol. The van der Waals surface area contributed by atoms with Gasteiger partial charge < -0.3 is 0 Å². The smallest absolute Gasteiger partial charge is 0.287 e. The van der Waals surface area contributed by atoms with E-state index in [1.807, 2.05) is 24.3 Å². The van der Waals surface area contributed by atoms with E-state index in [1.165, 1.54) is 4.57 Å². The van der Waals surface area contributed by atoms with E-state index in [4.69, 9.17) is 0 Å². The molecule has 0 N–H and O–H groups in total. The molecule has 0 unspecified atom stereocenters. The highest BCUT2D eigenvalue weighted by atomic mass is 19.1. The lowest BCUT2D eigenvalue weighted by Crippen LogP contribution is -2.41. The van der Waals surface area contributed by atoms with Crippen LogP contribution >= 0.6 is 0 Å². The van der Waals surface area contributed by atoms with Gasteiger partial charge in [-0.1, -0.05) is 48.5 Å². The van der Waals surface area contributed by atoms with Crippen LogP contribution in [0.15, 0.2) is 66.9 Å². The first-order valence-electron chi connectivity index (χ1n) is 6.40. The fourth-order valence-corrected chi connectivity index (χ4v) is 2.21. The minimum Gasteiger partial charge on any atom is -0.287 e. The molecule has 2 aromatic carbocycles. The molecule has 2 nitrogen and oxygen atoms in total. The van der Waals surface area contributed by atoms with Gasteiger partial charge in [0.15, 0.2) is 6.20 Å². The summed E-state index contributed by atoms with van der Waals surface area (Å²) in [6.45, 7) is 0.000676. The maximum Gasteiger partial charge on any atom is 0.367 e.